The Labute approximate surface area is 126 Å². The minimum atomic E-state index is 0.623. The highest BCUT2D eigenvalue weighted by molar-refractivity contribution is 5.41. The van der Waals surface area contributed by atoms with Crippen molar-refractivity contribution in [1.82, 2.24) is 4.98 Å². The molecule has 0 bridgehead atoms. The highest BCUT2D eigenvalue weighted by Gasteiger charge is 2.09. The van der Waals surface area contributed by atoms with E-state index in [1.807, 2.05) is 31.2 Å². The molecule has 0 saturated carbocycles. The monoisotopic (exact) mass is 285 g/mol. The van der Waals surface area contributed by atoms with E-state index in [0.29, 0.717) is 19.0 Å². The molecule has 0 spiro atoms. The second kappa shape index (κ2) is 8.27. The zero-order chi connectivity index (χ0) is 14.9. The van der Waals surface area contributed by atoms with E-state index >= 15 is 0 Å². The molecule has 2 rings (SSSR count). The van der Waals surface area contributed by atoms with Crippen LogP contribution in [0.5, 0.6) is 5.88 Å². The second-order valence-electron chi connectivity index (χ2n) is 4.82. The molecule has 0 unspecified atom stereocenters. The van der Waals surface area contributed by atoms with E-state index in [1.54, 1.807) is 0 Å². The summed E-state index contributed by atoms with van der Waals surface area (Å²) < 4.78 is 5.49. The van der Waals surface area contributed by atoms with Gasteiger partial charge in [0, 0.05) is 19.2 Å². The maximum Gasteiger partial charge on any atom is 0.215 e. The molecule has 0 aliphatic heterocycles. The van der Waals surface area contributed by atoms with Crippen LogP contribution in [0.3, 0.4) is 0 Å². The Balaban J connectivity index is 2.16. The van der Waals surface area contributed by atoms with E-state index in [1.165, 1.54) is 5.56 Å². The van der Waals surface area contributed by atoms with Gasteiger partial charge in [-0.1, -0.05) is 36.4 Å². The van der Waals surface area contributed by atoms with Gasteiger partial charge in [-0.05, 0) is 31.5 Å². The van der Waals surface area contributed by atoms with Gasteiger partial charge in [0.15, 0.2) is 0 Å². The minimum Gasteiger partial charge on any atom is -0.478 e. The molecular formula is C17H23N3O. The summed E-state index contributed by atoms with van der Waals surface area (Å²) in [4.78, 5) is 6.82. The molecule has 1 aromatic carbocycles. The third-order valence-electron chi connectivity index (χ3n) is 3.17. The van der Waals surface area contributed by atoms with Crippen LogP contribution in [-0.4, -0.2) is 24.7 Å². The molecule has 0 saturated heterocycles. The van der Waals surface area contributed by atoms with Crippen LogP contribution in [0.1, 0.15) is 18.9 Å². The van der Waals surface area contributed by atoms with E-state index in [-0.39, 0.29) is 0 Å². The van der Waals surface area contributed by atoms with Gasteiger partial charge in [0.2, 0.25) is 5.88 Å². The summed E-state index contributed by atoms with van der Waals surface area (Å²) in [7, 11) is 0. The summed E-state index contributed by atoms with van der Waals surface area (Å²) in [5.74, 6) is 1.60. The van der Waals surface area contributed by atoms with Crippen molar-refractivity contribution in [2.75, 3.05) is 24.6 Å². The normalized spacial score (nSPS) is 10.4. The van der Waals surface area contributed by atoms with Gasteiger partial charge in [-0.15, -0.1) is 0 Å². The van der Waals surface area contributed by atoms with Crippen LogP contribution in [0, 0.1) is 0 Å². The lowest BCUT2D eigenvalue weighted by Gasteiger charge is -2.24. The maximum absolute atomic E-state index is 5.65. The predicted octanol–water partition coefficient (Wildman–Crippen LogP) is 2.84. The standard InChI is InChI=1S/C17H23N3O/c1-2-21-17-11-6-10-16(19-17)20(13-7-12-18)14-15-8-4-3-5-9-15/h3-6,8-11H,2,7,12-14,18H2,1H3. The molecule has 0 amide bonds. The molecule has 1 aromatic heterocycles. The van der Waals surface area contributed by atoms with Gasteiger partial charge in [0.25, 0.3) is 0 Å². The quantitative estimate of drug-likeness (QED) is 0.810. The van der Waals surface area contributed by atoms with Gasteiger partial charge < -0.3 is 15.4 Å². The van der Waals surface area contributed by atoms with Crippen molar-refractivity contribution in [3.8, 4) is 5.88 Å². The lowest BCUT2D eigenvalue weighted by atomic mass is 10.2. The molecule has 21 heavy (non-hydrogen) atoms. The van der Waals surface area contributed by atoms with Gasteiger partial charge in [0.05, 0.1) is 6.61 Å². The van der Waals surface area contributed by atoms with Crippen LogP contribution in [0.2, 0.25) is 0 Å². The first-order valence-corrected chi connectivity index (χ1v) is 7.42. The Morgan fingerprint density at radius 3 is 2.62 bits per heavy atom. The Morgan fingerprint density at radius 1 is 1.10 bits per heavy atom. The second-order valence-corrected chi connectivity index (χ2v) is 4.82. The van der Waals surface area contributed by atoms with E-state index in [9.17, 15) is 0 Å². The first-order chi connectivity index (χ1) is 10.3. The highest BCUT2D eigenvalue weighted by atomic mass is 16.5. The van der Waals surface area contributed by atoms with E-state index in [2.05, 4.69) is 34.1 Å². The van der Waals surface area contributed by atoms with Crippen LogP contribution in [-0.2, 0) is 6.54 Å². The smallest absolute Gasteiger partial charge is 0.215 e. The Bertz CT molecular complexity index is 531. The van der Waals surface area contributed by atoms with Gasteiger partial charge in [0.1, 0.15) is 5.82 Å². The number of rotatable bonds is 8. The first-order valence-electron chi connectivity index (χ1n) is 7.42. The Morgan fingerprint density at radius 2 is 1.90 bits per heavy atom. The Hall–Kier alpha value is -2.07. The number of nitrogens with two attached hydrogens (primary N) is 1. The minimum absolute atomic E-state index is 0.623. The number of aromatic nitrogens is 1. The summed E-state index contributed by atoms with van der Waals surface area (Å²) in [6.07, 6.45) is 0.938. The largest absolute Gasteiger partial charge is 0.478 e. The van der Waals surface area contributed by atoms with E-state index < -0.39 is 0 Å². The number of hydrogen-bond donors (Lipinski definition) is 1. The molecule has 0 fully saturated rings. The summed E-state index contributed by atoms with van der Waals surface area (Å²) in [5.41, 5.74) is 6.92. The number of benzene rings is 1. The molecule has 2 aromatic rings. The SMILES string of the molecule is CCOc1cccc(N(CCCN)Cc2ccccc2)n1. The summed E-state index contributed by atoms with van der Waals surface area (Å²) in [6, 6.07) is 16.3. The van der Waals surface area contributed by atoms with Crippen molar-refractivity contribution >= 4 is 5.82 Å². The fourth-order valence-corrected chi connectivity index (χ4v) is 2.17. The topological polar surface area (TPSA) is 51.4 Å². The number of hydrogen-bond acceptors (Lipinski definition) is 4. The lowest BCUT2D eigenvalue weighted by molar-refractivity contribution is 0.327. The van der Waals surface area contributed by atoms with Crippen molar-refractivity contribution in [3.05, 3.63) is 54.1 Å². The number of nitrogens with zero attached hydrogens (tertiary/aromatic N) is 2. The predicted molar refractivity (Wildman–Crippen MR) is 86.6 cm³/mol. The molecule has 2 N–H and O–H groups in total. The number of pyridine rings is 1. The molecule has 1 heterocycles. The van der Waals surface area contributed by atoms with Crippen molar-refractivity contribution < 1.29 is 4.74 Å². The van der Waals surface area contributed by atoms with Crippen molar-refractivity contribution in [1.29, 1.82) is 0 Å². The highest BCUT2D eigenvalue weighted by Crippen LogP contribution is 2.18. The zero-order valence-electron chi connectivity index (χ0n) is 12.5. The summed E-state index contributed by atoms with van der Waals surface area (Å²) in [6.45, 7) is 4.97. The number of ether oxygens (including phenoxy) is 1. The van der Waals surface area contributed by atoms with E-state index in [0.717, 1.165) is 25.3 Å². The van der Waals surface area contributed by atoms with Crippen LogP contribution in [0.25, 0.3) is 0 Å². The van der Waals surface area contributed by atoms with Crippen LogP contribution in [0.15, 0.2) is 48.5 Å². The van der Waals surface area contributed by atoms with Gasteiger partial charge in [-0.2, -0.15) is 4.98 Å². The fraction of sp³-hybridized carbons (Fsp3) is 0.353. The lowest BCUT2D eigenvalue weighted by Crippen LogP contribution is -2.26. The average Bonchev–Trinajstić information content (AvgIpc) is 2.53. The van der Waals surface area contributed by atoms with Crippen molar-refractivity contribution in [3.63, 3.8) is 0 Å². The molecule has 0 atom stereocenters. The van der Waals surface area contributed by atoms with Gasteiger partial charge in [-0.3, -0.25) is 0 Å². The molecule has 0 aliphatic rings. The average molecular weight is 285 g/mol. The third-order valence-corrected chi connectivity index (χ3v) is 3.17. The molecular weight excluding hydrogens is 262 g/mol. The maximum atomic E-state index is 5.65. The van der Waals surface area contributed by atoms with Crippen LogP contribution in [0.4, 0.5) is 5.82 Å². The summed E-state index contributed by atoms with van der Waals surface area (Å²) >= 11 is 0. The first kappa shape index (κ1) is 15.3. The van der Waals surface area contributed by atoms with Crippen molar-refractivity contribution in [2.24, 2.45) is 5.73 Å². The fourth-order valence-electron chi connectivity index (χ4n) is 2.17. The molecule has 4 nitrogen and oxygen atoms in total. The van der Waals surface area contributed by atoms with Crippen molar-refractivity contribution in [2.45, 2.75) is 19.9 Å². The van der Waals surface area contributed by atoms with Crippen LogP contribution < -0.4 is 15.4 Å². The van der Waals surface area contributed by atoms with E-state index in [4.69, 9.17) is 10.5 Å². The van der Waals surface area contributed by atoms with Gasteiger partial charge in [-0.25, -0.2) is 0 Å². The Kier molecular flexibility index (Phi) is 6.03. The summed E-state index contributed by atoms with van der Waals surface area (Å²) in [5, 5.41) is 0. The molecule has 112 valence electrons. The third kappa shape index (κ3) is 4.76. The number of anilines is 1. The zero-order valence-corrected chi connectivity index (χ0v) is 12.5. The molecule has 0 aliphatic carbocycles. The molecule has 4 heteroatoms. The van der Waals surface area contributed by atoms with Crippen LogP contribution >= 0.6 is 0 Å². The molecule has 0 radical (unpaired) electrons. The van der Waals surface area contributed by atoms with Gasteiger partial charge >= 0.3 is 0 Å².